The molecule has 2 rings (SSSR count). The van der Waals surface area contributed by atoms with Crippen LogP contribution in [-0.2, 0) is 4.79 Å². The lowest BCUT2D eigenvalue weighted by Crippen LogP contribution is -2.40. The summed E-state index contributed by atoms with van der Waals surface area (Å²) >= 11 is 0. The van der Waals surface area contributed by atoms with Crippen molar-refractivity contribution in [3.63, 3.8) is 0 Å². The number of carbonyl (C=O) groups is 1. The molecule has 1 fully saturated rings. The Morgan fingerprint density at radius 2 is 2.43 bits per heavy atom. The molecule has 14 heavy (non-hydrogen) atoms. The first-order valence-electron chi connectivity index (χ1n) is 5.04. The molecular formula is C11H14N2O. The smallest absolute Gasteiger partial charge is 0.142 e. The molecule has 0 N–H and O–H groups in total. The summed E-state index contributed by atoms with van der Waals surface area (Å²) in [5.41, 5.74) is 1.06. The van der Waals surface area contributed by atoms with E-state index in [9.17, 15) is 4.79 Å². The summed E-state index contributed by atoms with van der Waals surface area (Å²) in [6.07, 6.45) is 7.91. The average Bonchev–Trinajstić information content (AvgIpc) is 2.30. The van der Waals surface area contributed by atoms with Crippen LogP contribution in [0.15, 0.2) is 24.5 Å². The Bertz CT molecular complexity index is 299. The lowest BCUT2D eigenvalue weighted by atomic mass is 10.0. The summed E-state index contributed by atoms with van der Waals surface area (Å²) in [7, 11) is 0. The molecule has 0 bridgehead atoms. The van der Waals surface area contributed by atoms with Gasteiger partial charge in [-0.05, 0) is 31.4 Å². The molecule has 0 aromatic carbocycles. The van der Waals surface area contributed by atoms with E-state index < -0.39 is 0 Å². The van der Waals surface area contributed by atoms with Gasteiger partial charge in [-0.1, -0.05) is 0 Å². The van der Waals surface area contributed by atoms with Crippen molar-refractivity contribution in [2.75, 3.05) is 11.4 Å². The minimum atomic E-state index is 0.0490. The Hall–Kier alpha value is -1.38. The van der Waals surface area contributed by atoms with Crippen LogP contribution in [0.1, 0.15) is 19.3 Å². The molecule has 0 amide bonds. The van der Waals surface area contributed by atoms with Gasteiger partial charge in [0.25, 0.3) is 0 Å². The van der Waals surface area contributed by atoms with Crippen molar-refractivity contribution in [2.45, 2.75) is 25.3 Å². The monoisotopic (exact) mass is 190 g/mol. The van der Waals surface area contributed by atoms with Crippen molar-refractivity contribution in [2.24, 2.45) is 0 Å². The maximum atomic E-state index is 10.9. The molecule has 1 atom stereocenters. The Labute approximate surface area is 83.8 Å². The number of pyridine rings is 1. The van der Waals surface area contributed by atoms with Gasteiger partial charge in [-0.3, -0.25) is 4.98 Å². The standard InChI is InChI=1S/C11H14N2O/c14-9-11-4-1-2-7-13(11)10-5-3-6-12-8-10/h3,5-6,8-9,11H,1-2,4,7H2/t11-/m1/s1. The summed E-state index contributed by atoms with van der Waals surface area (Å²) in [5.74, 6) is 0. The summed E-state index contributed by atoms with van der Waals surface area (Å²) in [6.45, 7) is 0.967. The third kappa shape index (κ3) is 1.76. The van der Waals surface area contributed by atoms with E-state index in [1.165, 1.54) is 6.42 Å². The molecule has 2 heterocycles. The van der Waals surface area contributed by atoms with Crippen LogP contribution in [0.5, 0.6) is 0 Å². The molecular weight excluding hydrogens is 176 g/mol. The molecule has 74 valence electrons. The van der Waals surface area contributed by atoms with Crippen molar-refractivity contribution < 1.29 is 4.79 Å². The number of hydrogen-bond donors (Lipinski definition) is 0. The number of anilines is 1. The van der Waals surface area contributed by atoms with Crippen molar-refractivity contribution in [1.82, 2.24) is 4.98 Å². The summed E-state index contributed by atoms with van der Waals surface area (Å²) in [5, 5.41) is 0. The second-order valence-electron chi connectivity index (χ2n) is 3.60. The quantitative estimate of drug-likeness (QED) is 0.665. The van der Waals surface area contributed by atoms with E-state index in [2.05, 4.69) is 9.88 Å². The van der Waals surface area contributed by atoms with Gasteiger partial charge in [0.1, 0.15) is 6.29 Å². The Balaban J connectivity index is 2.19. The predicted molar refractivity (Wildman–Crippen MR) is 55.3 cm³/mol. The van der Waals surface area contributed by atoms with E-state index in [1.807, 2.05) is 18.3 Å². The van der Waals surface area contributed by atoms with Gasteiger partial charge < -0.3 is 9.69 Å². The van der Waals surface area contributed by atoms with Gasteiger partial charge in [-0.15, -0.1) is 0 Å². The Kier molecular flexibility index (Phi) is 2.77. The fraction of sp³-hybridized carbons (Fsp3) is 0.455. The fourth-order valence-electron chi connectivity index (χ4n) is 1.94. The second-order valence-corrected chi connectivity index (χ2v) is 3.60. The molecule has 0 aliphatic carbocycles. The van der Waals surface area contributed by atoms with E-state index in [0.29, 0.717) is 0 Å². The molecule has 1 aliphatic rings. The Morgan fingerprint density at radius 3 is 3.14 bits per heavy atom. The first-order chi connectivity index (χ1) is 6.92. The van der Waals surface area contributed by atoms with Crippen molar-refractivity contribution in [3.8, 4) is 0 Å². The third-order valence-corrected chi connectivity index (χ3v) is 2.68. The van der Waals surface area contributed by atoms with Gasteiger partial charge in [0.15, 0.2) is 0 Å². The highest BCUT2D eigenvalue weighted by Crippen LogP contribution is 2.22. The minimum Gasteiger partial charge on any atom is -0.361 e. The first-order valence-corrected chi connectivity index (χ1v) is 5.04. The molecule has 1 aromatic heterocycles. The van der Waals surface area contributed by atoms with Gasteiger partial charge in [-0.25, -0.2) is 0 Å². The summed E-state index contributed by atoms with van der Waals surface area (Å²) < 4.78 is 0. The molecule has 1 saturated heterocycles. The van der Waals surface area contributed by atoms with Gasteiger partial charge in [0.05, 0.1) is 17.9 Å². The zero-order valence-corrected chi connectivity index (χ0v) is 8.10. The molecule has 1 aromatic rings. The van der Waals surface area contributed by atoms with Crippen molar-refractivity contribution in [1.29, 1.82) is 0 Å². The molecule has 0 saturated carbocycles. The third-order valence-electron chi connectivity index (χ3n) is 2.68. The van der Waals surface area contributed by atoms with E-state index in [1.54, 1.807) is 6.20 Å². The van der Waals surface area contributed by atoms with Crippen molar-refractivity contribution >= 4 is 12.0 Å². The zero-order chi connectivity index (χ0) is 9.80. The van der Waals surface area contributed by atoms with Gasteiger partial charge >= 0.3 is 0 Å². The summed E-state index contributed by atoms with van der Waals surface area (Å²) in [4.78, 5) is 17.1. The first kappa shape index (κ1) is 9.19. The van der Waals surface area contributed by atoms with Crippen LogP contribution in [0.25, 0.3) is 0 Å². The maximum absolute atomic E-state index is 10.9. The van der Waals surface area contributed by atoms with E-state index in [0.717, 1.165) is 31.4 Å². The second kappa shape index (κ2) is 4.22. The van der Waals surface area contributed by atoms with Crippen molar-refractivity contribution in [3.05, 3.63) is 24.5 Å². The van der Waals surface area contributed by atoms with Crippen LogP contribution in [0.3, 0.4) is 0 Å². The van der Waals surface area contributed by atoms with Crippen LogP contribution in [0.2, 0.25) is 0 Å². The highest BCUT2D eigenvalue weighted by atomic mass is 16.1. The molecule has 3 heteroatoms. The largest absolute Gasteiger partial charge is 0.361 e. The number of piperidine rings is 1. The van der Waals surface area contributed by atoms with E-state index >= 15 is 0 Å². The average molecular weight is 190 g/mol. The van der Waals surface area contributed by atoms with E-state index in [-0.39, 0.29) is 6.04 Å². The highest BCUT2D eigenvalue weighted by Gasteiger charge is 2.21. The minimum absolute atomic E-state index is 0.0490. The molecule has 0 spiro atoms. The molecule has 3 nitrogen and oxygen atoms in total. The number of aromatic nitrogens is 1. The lowest BCUT2D eigenvalue weighted by Gasteiger charge is -2.33. The topological polar surface area (TPSA) is 33.2 Å². The van der Waals surface area contributed by atoms with Gasteiger partial charge in [0.2, 0.25) is 0 Å². The number of hydrogen-bond acceptors (Lipinski definition) is 3. The SMILES string of the molecule is O=C[C@H]1CCCCN1c1cccnc1. The fourth-order valence-corrected chi connectivity index (χ4v) is 1.94. The van der Waals surface area contributed by atoms with Crippen LogP contribution in [-0.4, -0.2) is 23.9 Å². The lowest BCUT2D eigenvalue weighted by molar-refractivity contribution is -0.109. The van der Waals surface area contributed by atoms with Crippen LogP contribution < -0.4 is 4.90 Å². The molecule has 1 aliphatic heterocycles. The molecule has 0 unspecified atom stereocenters. The number of rotatable bonds is 2. The normalized spacial score (nSPS) is 22.0. The Morgan fingerprint density at radius 1 is 1.50 bits per heavy atom. The van der Waals surface area contributed by atoms with Gasteiger partial charge in [-0.2, -0.15) is 0 Å². The number of nitrogens with zero attached hydrogens (tertiary/aromatic N) is 2. The van der Waals surface area contributed by atoms with Crippen LogP contribution >= 0.6 is 0 Å². The predicted octanol–water partition coefficient (Wildman–Crippen LogP) is 1.64. The number of aldehydes is 1. The van der Waals surface area contributed by atoms with Crippen LogP contribution in [0, 0.1) is 0 Å². The molecule has 0 radical (unpaired) electrons. The van der Waals surface area contributed by atoms with Crippen LogP contribution in [0.4, 0.5) is 5.69 Å². The summed E-state index contributed by atoms with van der Waals surface area (Å²) in [6, 6.07) is 3.97. The maximum Gasteiger partial charge on any atom is 0.142 e. The van der Waals surface area contributed by atoms with Gasteiger partial charge in [0, 0.05) is 12.7 Å². The number of carbonyl (C=O) groups excluding carboxylic acids is 1. The highest BCUT2D eigenvalue weighted by molar-refractivity contribution is 5.66. The zero-order valence-electron chi connectivity index (χ0n) is 8.10. The van der Waals surface area contributed by atoms with E-state index in [4.69, 9.17) is 0 Å².